The molecule has 132 valence electrons. The standard InChI is InChI=1S/C17H28FN3O.HI/c1-4-19-17(21-13-14(2)3)20-11-5-6-12-22-16-9-7-15(18)8-10-16;/h7-10,14H,4-6,11-13H2,1-3H3,(H2,19,20,21);1H. The third kappa shape index (κ3) is 11.2. The van der Waals surface area contributed by atoms with Crippen LogP contribution in [-0.4, -0.2) is 32.2 Å². The predicted octanol–water partition coefficient (Wildman–Crippen LogP) is 3.81. The van der Waals surface area contributed by atoms with Crippen molar-refractivity contribution < 1.29 is 9.13 Å². The molecule has 0 atom stereocenters. The quantitative estimate of drug-likeness (QED) is 0.267. The largest absolute Gasteiger partial charge is 0.494 e. The molecule has 1 aromatic carbocycles. The van der Waals surface area contributed by atoms with Crippen molar-refractivity contribution in [3.8, 4) is 5.75 Å². The van der Waals surface area contributed by atoms with Gasteiger partial charge in [0.25, 0.3) is 0 Å². The second-order valence-corrected chi connectivity index (χ2v) is 5.55. The lowest BCUT2D eigenvalue weighted by molar-refractivity contribution is 0.306. The summed E-state index contributed by atoms with van der Waals surface area (Å²) in [4.78, 5) is 4.51. The van der Waals surface area contributed by atoms with Crippen LogP contribution in [0.15, 0.2) is 29.3 Å². The maximum Gasteiger partial charge on any atom is 0.191 e. The van der Waals surface area contributed by atoms with Gasteiger partial charge in [0.15, 0.2) is 5.96 Å². The molecule has 0 amide bonds. The monoisotopic (exact) mass is 437 g/mol. The first-order chi connectivity index (χ1) is 10.6. The highest BCUT2D eigenvalue weighted by Crippen LogP contribution is 2.11. The molecule has 0 fully saturated rings. The topological polar surface area (TPSA) is 45.7 Å². The zero-order valence-electron chi connectivity index (χ0n) is 14.3. The van der Waals surface area contributed by atoms with Crippen LogP contribution in [0.1, 0.15) is 33.6 Å². The van der Waals surface area contributed by atoms with Crippen LogP contribution >= 0.6 is 24.0 Å². The highest BCUT2D eigenvalue weighted by Gasteiger charge is 1.99. The summed E-state index contributed by atoms with van der Waals surface area (Å²) in [7, 11) is 0. The molecule has 0 aromatic heterocycles. The molecule has 0 heterocycles. The van der Waals surface area contributed by atoms with E-state index in [0.717, 1.165) is 38.4 Å². The van der Waals surface area contributed by atoms with Crippen LogP contribution < -0.4 is 15.4 Å². The Morgan fingerprint density at radius 3 is 2.48 bits per heavy atom. The Bertz CT molecular complexity index is 438. The maximum atomic E-state index is 12.7. The van der Waals surface area contributed by atoms with Crippen LogP contribution in [0.2, 0.25) is 0 Å². The van der Waals surface area contributed by atoms with Crippen LogP contribution in [-0.2, 0) is 0 Å². The van der Waals surface area contributed by atoms with Gasteiger partial charge < -0.3 is 15.4 Å². The van der Waals surface area contributed by atoms with Gasteiger partial charge in [-0.1, -0.05) is 13.8 Å². The van der Waals surface area contributed by atoms with Gasteiger partial charge in [-0.2, -0.15) is 0 Å². The Balaban J connectivity index is 0.00000484. The summed E-state index contributed by atoms with van der Waals surface area (Å²) in [6, 6.07) is 6.11. The molecule has 0 aliphatic heterocycles. The van der Waals surface area contributed by atoms with Crippen molar-refractivity contribution >= 4 is 29.9 Å². The number of hydrogen-bond acceptors (Lipinski definition) is 2. The van der Waals surface area contributed by atoms with Crippen molar-refractivity contribution in [3.63, 3.8) is 0 Å². The first-order valence-electron chi connectivity index (χ1n) is 8.02. The molecule has 0 saturated carbocycles. The van der Waals surface area contributed by atoms with Gasteiger partial charge >= 0.3 is 0 Å². The normalized spacial score (nSPS) is 11.1. The second kappa shape index (κ2) is 13.4. The van der Waals surface area contributed by atoms with E-state index in [1.165, 1.54) is 12.1 Å². The Hall–Kier alpha value is -1.05. The first-order valence-corrected chi connectivity index (χ1v) is 8.02. The molecule has 6 heteroatoms. The van der Waals surface area contributed by atoms with Crippen LogP contribution in [0.25, 0.3) is 0 Å². The number of ether oxygens (including phenoxy) is 1. The molecular weight excluding hydrogens is 408 g/mol. The van der Waals surface area contributed by atoms with E-state index in [2.05, 4.69) is 36.4 Å². The number of nitrogens with one attached hydrogen (secondary N) is 2. The molecule has 0 saturated heterocycles. The number of halogens is 2. The smallest absolute Gasteiger partial charge is 0.191 e. The van der Waals surface area contributed by atoms with Gasteiger partial charge in [-0.25, -0.2) is 4.39 Å². The number of benzene rings is 1. The van der Waals surface area contributed by atoms with Gasteiger partial charge in [-0.15, -0.1) is 24.0 Å². The average Bonchev–Trinajstić information content (AvgIpc) is 2.49. The minimum absolute atomic E-state index is 0. The van der Waals surface area contributed by atoms with E-state index >= 15 is 0 Å². The lowest BCUT2D eigenvalue weighted by Crippen LogP contribution is -2.38. The summed E-state index contributed by atoms with van der Waals surface area (Å²) in [5, 5.41) is 6.55. The summed E-state index contributed by atoms with van der Waals surface area (Å²) in [5.41, 5.74) is 0. The average molecular weight is 437 g/mol. The number of aliphatic imine (C=N–C) groups is 1. The van der Waals surface area contributed by atoms with E-state index in [0.29, 0.717) is 18.3 Å². The van der Waals surface area contributed by atoms with Gasteiger partial charge in [0.05, 0.1) is 6.61 Å². The Morgan fingerprint density at radius 2 is 1.87 bits per heavy atom. The zero-order chi connectivity index (χ0) is 16.2. The van der Waals surface area contributed by atoms with Crippen molar-refractivity contribution in [2.24, 2.45) is 10.9 Å². The van der Waals surface area contributed by atoms with Crippen molar-refractivity contribution in [1.29, 1.82) is 0 Å². The molecule has 0 spiro atoms. The Morgan fingerprint density at radius 1 is 1.17 bits per heavy atom. The molecule has 0 aliphatic carbocycles. The minimum atomic E-state index is -0.242. The maximum absolute atomic E-state index is 12.7. The van der Waals surface area contributed by atoms with Gasteiger partial charge in [-0.05, 0) is 49.9 Å². The summed E-state index contributed by atoms with van der Waals surface area (Å²) in [6.45, 7) is 9.53. The minimum Gasteiger partial charge on any atom is -0.494 e. The summed E-state index contributed by atoms with van der Waals surface area (Å²) < 4.78 is 18.3. The van der Waals surface area contributed by atoms with Crippen LogP contribution in [0.5, 0.6) is 5.75 Å². The number of guanidine groups is 1. The summed E-state index contributed by atoms with van der Waals surface area (Å²) in [6.07, 6.45) is 1.93. The van der Waals surface area contributed by atoms with E-state index in [1.54, 1.807) is 12.1 Å². The highest BCUT2D eigenvalue weighted by atomic mass is 127. The van der Waals surface area contributed by atoms with Gasteiger partial charge in [0.2, 0.25) is 0 Å². The number of rotatable bonds is 9. The molecule has 1 rings (SSSR count). The van der Waals surface area contributed by atoms with E-state index in [9.17, 15) is 4.39 Å². The van der Waals surface area contributed by atoms with Gasteiger partial charge in [-0.3, -0.25) is 4.99 Å². The van der Waals surface area contributed by atoms with E-state index in [1.807, 2.05) is 0 Å². The van der Waals surface area contributed by atoms with Crippen LogP contribution in [0, 0.1) is 11.7 Å². The van der Waals surface area contributed by atoms with Crippen LogP contribution in [0.3, 0.4) is 0 Å². The predicted molar refractivity (Wildman–Crippen MR) is 105 cm³/mol. The molecular formula is C17H29FIN3O. The molecule has 0 aliphatic rings. The fraction of sp³-hybridized carbons (Fsp3) is 0.588. The summed E-state index contributed by atoms with van der Waals surface area (Å²) >= 11 is 0. The Kier molecular flexibility index (Phi) is 12.8. The van der Waals surface area contributed by atoms with Crippen molar-refractivity contribution in [2.75, 3.05) is 26.2 Å². The van der Waals surface area contributed by atoms with Crippen LogP contribution in [0.4, 0.5) is 4.39 Å². The third-order valence-electron chi connectivity index (χ3n) is 2.90. The molecule has 1 aromatic rings. The van der Waals surface area contributed by atoms with E-state index < -0.39 is 0 Å². The van der Waals surface area contributed by atoms with Crippen molar-refractivity contribution in [2.45, 2.75) is 33.6 Å². The van der Waals surface area contributed by atoms with Crippen molar-refractivity contribution in [1.82, 2.24) is 10.6 Å². The van der Waals surface area contributed by atoms with E-state index in [4.69, 9.17) is 4.74 Å². The zero-order valence-corrected chi connectivity index (χ0v) is 16.6. The fourth-order valence-corrected chi connectivity index (χ4v) is 1.77. The highest BCUT2D eigenvalue weighted by molar-refractivity contribution is 14.0. The number of hydrogen-bond donors (Lipinski definition) is 2. The second-order valence-electron chi connectivity index (χ2n) is 5.55. The summed E-state index contributed by atoms with van der Waals surface area (Å²) in [5.74, 6) is 1.89. The molecule has 0 bridgehead atoms. The molecule has 0 unspecified atom stereocenters. The van der Waals surface area contributed by atoms with Crippen molar-refractivity contribution in [3.05, 3.63) is 30.1 Å². The lowest BCUT2D eigenvalue weighted by atomic mass is 10.2. The Labute approximate surface area is 156 Å². The van der Waals surface area contributed by atoms with Gasteiger partial charge in [0.1, 0.15) is 11.6 Å². The van der Waals surface area contributed by atoms with E-state index in [-0.39, 0.29) is 29.8 Å². The van der Waals surface area contributed by atoms with Gasteiger partial charge in [0, 0.05) is 19.6 Å². The number of unbranched alkanes of at least 4 members (excludes halogenated alkanes) is 1. The SMILES string of the molecule is CCNC(=NCC(C)C)NCCCCOc1ccc(F)cc1.I. The molecule has 0 radical (unpaired) electrons. The third-order valence-corrected chi connectivity index (χ3v) is 2.90. The first kappa shape index (κ1) is 21.9. The molecule has 4 nitrogen and oxygen atoms in total. The lowest BCUT2D eigenvalue weighted by Gasteiger charge is -2.12. The fourth-order valence-electron chi connectivity index (χ4n) is 1.77. The number of nitrogens with zero attached hydrogens (tertiary/aromatic N) is 1. The molecule has 2 N–H and O–H groups in total. The molecule has 23 heavy (non-hydrogen) atoms.